The van der Waals surface area contributed by atoms with E-state index >= 15 is 0 Å². The van der Waals surface area contributed by atoms with Crippen molar-refractivity contribution < 1.29 is 5.11 Å². The van der Waals surface area contributed by atoms with Gasteiger partial charge in [0.15, 0.2) is 0 Å². The van der Waals surface area contributed by atoms with E-state index in [2.05, 4.69) is 25.0 Å². The summed E-state index contributed by atoms with van der Waals surface area (Å²) < 4.78 is 0. The number of aliphatic hydroxyl groups excluding tert-OH is 1. The summed E-state index contributed by atoms with van der Waals surface area (Å²) in [4.78, 5) is 15.3. The summed E-state index contributed by atoms with van der Waals surface area (Å²) in [7, 11) is 0. The molecule has 2 aliphatic rings. The van der Waals surface area contributed by atoms with Crippen molar-refractivity contribution in [1.82, 2.24) is 29.9 Å². The van der Waals surface area contributed by atoms with Gasteiger partial charge in [0.05, 0.1) is 29.5 Å². The van der Waals surface area contributed by atoms with Gasteiger partial charge in [-0.25, -0.2) is 4.98 Å². The third kappa shape index (κ3) is 3.36. The molecule has 156 valence electrons. The number of anilines is 1. The fourth-order valence-corrected chi connectivity index (χ4v) is 4.83. The second-order valence-corrected chi connectivity index (χ2v) is 8.55. The number of rotatable bonds is 4. The molecule has 2 aliphatic heterocycles. The summed E-state index contributed by atoms with van der Waals surface area (Å²) >= 11 is 0. The molecular formula is C22H27N7O. The van der Waals surface area contributed by atoms with Gasteiger partial charge in [0.1, 0.15) is 12.0 Å². The molecule has 3 aromatic rings. The normalized spacial score (nSPS) is 22.5. The van der Waals surface area contributed by atoms with Crippen LogP contribution in [0.15, 0.2) is 36.8 Å². The van der Waals surface area contributed by atoms with Crippen LogP contribution in [0, 0.1) is 32.6 Å². The molecule has 5 rings (SSSR count). The van der Waals surface area contributed by atoms with Gasteiger partial charge in [-0.15, -0.1) is 0 Å². The molecule has 2 fully saturated rings. The minimum absolute atomic E-state index is 0.512. The lowest BCUT2D eigenvalue weighted by Crippen LogP contribution is -2.33. The van der Waals surface area contributed by atoms with Crippen LogP contribution < -0.4 is 4.90 Å². The van der Waals surface area contributed by atoms with Crippen LogP contribution in [0.25, 0.3) is 5.69 Å². The van der Waals surface area contributed by atoms with Crippen LogP contribution in [0.4, 0.5) is 5.82 Å². The summed E-state index contributed by atoms with van der Waals surface area (Å²) in [6.45, 7) is 9.68. The number of aromatic nitrogens is 5. The lowest BCUT2D eigenvalue weighted by molar-refractivity contribution is 0.0139. The van der Waals surface area contributed by atoms with E-state index in [1.807, 2.05) is 45.2 Å². The van der Waals surface area contributed by atoms with Crippen LogP contribution in [-0.2, 0) is 0 Å². The van der Waals surface area contributed by atoms with Crippen molar-refractivity contribution in [2.45, 2.75) is 27.0 Å². The number of hydrogen-bond acceptors (Lipinski definition) is 7. The lowest BCUT2D eigenvalue weighted by atomic mass is 10.0. The Bertz CT molecular complexity index is 1040. The second kappa shape index (κ2) is 7.45. The Morgan fingerprint density at radius 1 is 1.00 bits per heavy atom. The van der Waals surface area contributed by atoms with Crippen molar-refractivity contribution >= 4 is 5.82 Å². The van der Waals surface area contributed by atoms with E-state index in [4.69, 9.17) is 4.98 Å². The second-order valence-electron chi connectivity index (χ2n) is 8.55. The Balaban J connectivity index is 1.34. The molecule has 8 nitrogen and oxygen atoms in total. The first kappa shape index (κ1) is 19.1. The molecule has 1 aromatic carbocycles. The van der Waals surface area contributed by atoms with E-state index in [-0.39, 0.29) is 0 Å². The molecule has 0 radical (unpaired) electrons. The predicted molar refractivity (Wildman–Crippen MR) is 113 cm³/mol. The quantitative estimate of drug-likeness (QED) is 0.711. The zero-order valence-corrected chi connectivity index (χ0v) is 17.6. The minimum Gasteiger partial charge on any atom is -0.374 e. The molecule has 0 spiro atoms. The predicted octanol–water partition coefficient (Wildman–Crippen LogP) is 2.04. The van der Waals surface area contributed by atoms with E-state index in [1.165, 1.54) is 0 Å². The van der Waals surface area contributed by atoms with Gasteiger partial charge < -0.3 is 10.0 Å². The average Bonchev–Trinajstić information content (AvgIpc) is 3.45. The average molecular weight is 406 g/mol. The number of aryl methyl sites for hydroxylation is 3. The van der Waals surface area contributed by atoms with E-state index in [0.717, 1.165) is 60.2 Å². The van der Waals surface area contributed by atoms with Crippen LogP contribution in [0.1, 0.15) is 28.7 Å². The fraction of sp³-hybridized carbons (Fsp3) is 0.455. The number of hydrogen-bond donors (Lipinski definition) is 1. The van der Waals surface area contributed by atoms with Gasteiger partial charge in [-0.1, -0.05) is 11.6 Å². The Morgan fingerprint density at radius 2 is 1.70 bits per heavy atom. The van der Waals surface area contributed by atoms with Gasteiger partial charge in [-0.05, 0) is 44.7 Å². The maximum atomic E-state index is 11.3. The van der Waals surface area contributed by atoms with Crippen molar-refractivity contribution in [2.24, 2.45) is 11.8 Å². The van der Waals surface area contributed by atoms with Crippen molar-refractivity contribution in [1.29, 1.82) is 0 Å². The van der Waals surface area contributed by atoms with Gasteiger partial charge in [-0.3, -0.25) is 9.88 Å². The largest absolute Gasteiger partial charge is 0.374 e. The van der Waals surface area contributed by atoms with E-state index in [1.54, 1.807) is 17.2 Å². The highest BCUT2D eigenvalue weighted by Gasteiger charge is 2.43. The van der Waals surface area contributed by atoms with Crippen molar-refractivity contribution in [3.8, 4) is 5.69 Å². The number of aliphatic hydroxyl groups is 1. The summed E-state index contributed by atoms with van der Waals surface area (Å²) in [5, 5.41) is 19.8. The number of benzene rings is 1. The van der Waals surface area contributed by atoms with E-state index in [0.29, 0.717) is 11.8 Å². The maximum Gasteiger partial charge on any atom is 0.150 e. The molecule has 2 aromatic heterocycles. The van der Waals surface area contributed by atoms with Gasteiger partial charge in [0, 0.05) is 37.9 Å². The van der Waals surface area contributed by atoms with Crippen molar-refractivity contribution in [3.05, 3.63) is 59.3 Å². The molecule has 0 bridgehead atoms. The topological polar surface area (TPSA) is 83.2 Å². The van der Waals surface area contributed by atoms with Crippen LogP contribution in [0.3, 0.4) is 0 Å². The molecule has 3 atom stereocenters. The monoisotopic (exact) mass is 405 g/mol. The summed E-state index contributed by atoms with van der Waals surface area (Å²) in [6, 6.07) is 6.04. The summed E-state index contributed by atoms with van der Waals surface area (Å²) in [5.41, 5.74) is 4.71. The lowest BCUT2D eigenvalue weighted by Gasteiger charge is -2.28. The number of fused-ring (bicyclic) bond motifs is 1. The molecule has 1 N–H and O–H groups in total. The fourth-order valence-electron chi connectivity index (χ4n) is 4.83. The van der Waals surface area contributed by atoms with Gasteiger partial charge in [0.2, 0.25) is 0 Å². The minimum atomic E-state index is -0.676. The van der Waals surface area contributed by atoms with Gasteiger partial charge in [-0.2, -0.15) is 15.0 Å². The molecule has 0 saturated carbocycles. The molecular weight excluding hydrogens is 378 g/mol. The molecule has 2 saturated heterocycles. The highest BCUT2D eigenvalue weighted by atomic mass is 16.3. The third-order valence-corrected chi connectivity index (χ3v) is 6.31. The van der Waals surface area contributed by atoms with Gasteiger partial charge >= 0.3 is 0 Å². The SMILES string of the molecule is Cc1ccc(-n2nccn2)c(C(O)N2CC3CN(c4nc(C)cnc4C)CC3C2)c1. The van der Waals surface area contributed by atoms with Crippen LogP contribution in [0.2, 0.25) is 0 Å². The number of nitrogens with zero attached hydrogens (tertiary/aromatic N) is 7. The zero-order valence-electron chi connectivity index (χ0n) is 17.6. The van der Waals surface area contributed by atoms with Crippen LogP contribution >= 0.6 is 0 Å². The molecule has 0 aliphatic carbocycles. The molecule has 3 unspecified atom stereocenters. The summed E-state index contributed by atoms with van der Waals surface area (Å²) in [5.74, 6) is 2.03. The molecule has 0 amide bonds. The summed E-state index contributed by atoms with van der Waals surface area (Å²) in [6.07, 6.45) is 4.45. The Hall–Kier alpha value is -2.84. The maximum absolute atomic E-state index is 11.3. The first-order valence-corrected chi connectivity index (χ1v) is 10.4. The Kier molecular flexibility index (Phi) is 4.75. The smallest absolute Gasteiger partial charge is 0.150 e. The van der Waals surface area contributed by atoms with Crippen LogP contribution in [0.5, 0.6) is 0 Å². The van der Waals surface area contributed by atoms with E-state index < -0.39 is 6.23 Å². The molecule has 4 heterocycles. The number of likely N-dealkylation sites (tertiary alicyclic amines) is 1. The van der Waals surface area contributed by atoms with Crippen molar-refractivity contribution in [3.63, 3.8) is 0 Å². The molecule has 30 heavy (non-hydrogen) atoms. The van der Waals surface area contributed by atoms with Crippen LogP contribution in [-0.4, -0.2) is 61.1 Å². The first-order valence-electron chi connectivity index (χ1n) is 10.4. The first-order chi connectivity index (χ1) is 14.5. The van der Waals surface area contributed by atoms with Crippen molar-refractivity contribution in [2.75, 3.05) is 31.1 Å². The zero-order chi connectivity index (χ0) is 20.8. The standard InChI is InChI=1S/C22H27N7O/c1-14-4-5-20(29-24-6-7-25-29)19(8-14)22(30)28-12-17-10-27(11-18(17)13-28)21-16(3)23-9-15(2)26-21/h4-9,17-18,22,30H,10-13H2,1-3H3. The van der Waals surface area contributed by atoms with Gasteiger partial charge in [0.25, 0.3) is 0 Å². The Morgan fingerprint density at radius 3 is 2.40 bits per heavy atom. The highest BCUT2D eigenvalue weighted by molar-refractivity contribution is 5.46. The molecule has 8 heteroatoms. The highest BCUT2D eigenvalue weighted by Crippen LogP contribution is 2.38. The van der Waals surface area contributed by atoms with E-state index in [9.17, 15) is 5.11 Å². The third-order valence-electron chi connectivity index (χ3n) is 6.31. The Labute approximate surface area is 176 Å².